The number of carbonyl (C=O) groups is 2. The van der Waals surface area contributed by atoms with Gasteiger partial charge in [0, 0.05) is 11.4 Å². The fraction of sp³-hybridized carbons (Fsp3) is 0.308. The molecule has 0 aliphatic rings. The van der Waals surface area contributed by atoms with E-state index in [0.717, 1.165) is 10.2 Å². The molecule has 0 atom stereocenters. The smallest absolute Gasteiger partial charge is 0.325 e. The van der Waals surface area contributed by atoms with Gasteiger partial charge in [0.25, 0.3) is 0 Å². The van der Waals surface area contributed by atoms with Crippen molar-refractivity contribution in [1.29, 1.82) is 0 Å². The molecule has 0 bridgehead atoms. The lowest BCUT2D eigenvalue weighted by molar-refractivity contribution is -0.141. The molecule has 0 saturated carbocycles. The summed E-state index contributed by atoms with van der Waals surface area (Å²) < 4.78 is 7.20. The number of halogens is 1. The Balaban J connectivity index is 2.65. The van der Waals surface area contributed by atoms with Crippen LogP contribution >= 0.6 is 22.9 Å². The van der Waals surface area contributed by atoms with Gasteiger partial charge in [0.15, 0.2) is 4.80 Å². The van der Waals surface area contributed by atoms with Crippen molar-refractivity contribution in [3.8, 4) is 0 Å². The molecule has 1 amide bonds. The molecule has 2 aromatic rings. The third kappa shape index (κ3) is 3.08. The standard InChI is InChI=1S/C13H13ClN2O3S/c1-3-11(17)15-13-16(7-12(18)19-2)9-5-4-8(14)6-10(9)20-13/h4-6H,3,7H2,1-2H3. The summed E-state index contributed by atoms with van der Waals surface area (Å²) in [4.78, 5) is 27.5. The van der Waals surface area contributed by atoms with Crippen LogP contribution in [-0.4, -0.2) is 23.6 Å². The monoisotopic (exact) mass is 312 g/mol. The molecule has 0 fully saturated rings. The lowest BCUT2D eigenvalue weighted by atomic mass is 10.3. The van der Waals surface area contributed by atoms with Gasteiger partial charge in [0.2, 0.25) is 5.91 Å². The second-order valence-electron chi connectivity index (χ2n) is 4.02. The molecule has 2 rings (SSSR count). The van der Waals surface area contributed by atoms with E-state index in [2.05, 4.69) is 9.73 Å². The van der Waals surface area contributed by atoms with Gasteiger partial charge in [-0.25, -0.2) is 0 Å². The van der Waals surface area contributed by atoms with E-state index in [1.54, 1.807) is 29.7 Å². The Morgan fingerprint density at radius 3 is 2.85 bits per heavy atom. The number of carbonyl (C=O) groups excluding carboxylic acids is 2. The molecular formula is C13H13ClN2O3S. The summed E-state index contributed by atoms with van der Waals surface area (Å²) in [5.74, 6) is -0.633. The molecule has 20 heavy (non-hydrogen) atoms. The van der Waals surface area contributed by atoms with Crippen LogP contribution in [0.4, 0.5) is 0 Å². The molecule has 0 N–H and O–H groups in total. The molecule has 1 aromatic carbocycles. The number of hydrogen-bond acceptors (Lipinski definition) is 4. The van der Waals surface area contributed by atoms with E-state index in [0.29, 0.717) is 16.2 Å². The number of methoxy groups -OCH3 is 1. The molecule has 106 valence electrons. The lowest BCUT2D eigenvalue weighted by Crippen LogP contribution is -2.22. The van der Waals surface area contributed by atoms with Crippen LogP contribution in [0.5, 0.6) is 0 Å². The van der Waals surface area contributed by atoms with Gasteiger partial charge in [-0.3, -0.25) is 9.59 Å². The Labute approximate surface area is 124 Å². The van der Waals surface area contributed by atoms with E-state index in [1.165, 1.54) is 18.4 Å². The number of rotatable bonds is 3. The van der Waals surface area contributed by atoms with E-state index in [-0.39, 0.29) is 12.5 Å². The minimum Gasteiger partial charge on any atom is -0.468 e. The average Bonchev–Trinajstić information content (AvgIpc) is 2.75. The third-order valence-electron chi connectivity index (χ3n) is 2.68. The maximum absolute atomic E-state index is 11.5. The van der Waals surface area contributed by atoms with E-state index in [9.17, 15) is 9.59 Å². The minimum absolute atomic E-state index is 0.00790. The van der Waals surface area contributed by atoms with Crippen LogP contribution in [0, 0.1) is 0 Å². The molecule has 1 heterocycles. The number of aromatic nitrogens is 1. The predicted molar refractivity (Wildman–Crippen MR) is 77.7 cm³/mol. The van der Waals surface area contributed by atoms with Crippen molar-refractivity contribution in [3.63, 3.8) is 0 Å². The largest absolute Gasteiger partial charge is 0.468 e. The lowest BCUT2D eigenvalue weighted by Gasteiger charge is -2.03. The Hall–Kier alpha value is -1.66. The maximum atomic E-state index is 11.5. The second-order valence-corrected chi connectivity index (χ2v) is 5.46. The SMILES string of the molecule is CCC(=O)N=c1sc2cc(Cl)ccc2n1CC(=O)OC. The summed E-state index contributed by atoms with van der Waals surface area (Å²) >= 11 is 7.27. The summed E-state index contributed by atoms with van der Waals surface area (Å²) in [5, 5.41) is 0.595. The minimum atomic E-state index is -0.398. The Kier molecular flexibility index (Phi) is 4.57. The zero-order valence-corrected chi connectivity index (χ0v) is 12.6. The van der Waals surface area contributed by atoms with Crippen molar-refractivity contribution in [2.24, 2.45) is 4.99 Å². The summed E-state index contributed by atoms with van der Waals surface area (Å²) in [6.07, 6.45) is 0.313. The number of amides is 1. The van der Waals surface area contributed by atoms with Crippen LogP contribution in [-0.2, 0) is 20.9 Å². The zero-order valence-electron chi connectivity index (χ0n) is 11.1. The Morgan fingerprint density at radius 2 is 2.20 bits per heavy atom. The predicted octanol–water partition coefficient (Wildman–Crippen LogP) is 2.37. The van der Waals surface area contributed by atoms with Gasteiger partial charge in [-0.15, -0.1) is 0 Å². The van der Waals surface area contributed by atoms with E-state index >= 15 is 0 Å². The van der Waals surface area contributed by atoms with E-state index < -0.39 is 5.97 Å². The van der Waals surface area contributed by atoms with Crippen molar-refractivity contribution in [1.82, 2.24) is 4.57 Å². The normalized spacial score (nSPS) is 11.8. The van der Waals surface area contributed by atoms with Crippen LogP contribution in [0.25, 0.3) is 10.2 Å². The van der Waals surface area contributed by atoms with Crippen molar-refractivity contribution in [2.45, 2.75) is 19.9 Å². The van der Waals surface area contributed by atoms with Gasteiger partial charge in [0.1, 0.15) is 6.54 Å². The van der Waals surface area contributed by atoms with Crippen LogP contribution < -0.4 is 4.80 Å². The fourth-order valence-corrected chi connectivity index (χ4v) is 2.99. The van der Waals surface area contributed by atoms with Crippen LogP contribution in [0.1, 0.15) is 13.3 Å². The van der Waals surface area contributed by atoms with Gasteiger partial charge in [-0.2, -0.15) is 4.99 Å². The Bertz CT molecular complexity index is 733. The molecule has 7 heteroatoms. The van der Waals surface area contributed by atoms with Crippen molar-refractivity contribution in [2.75, 3.05) is 7.11 Å². The molecule has 0 aliphatic carbocycles. The maximum Gasteiger partial charge on any atom is 0.325 e. The topological polar surface area (TPSA) is 60.7 Å². The fourth-order valence-electron chi connectivity index (χ4n) is 1.66. The quantitative estimate of drug-likeness (QED) is 0.817. The first-order valence-electron chi connectivity index (χ1n) is 5.98. The number of esters is 1. The van der Waals surface area contributed by atoms with Crippen molar-refractivity contribution < 1.29 is 14.3 Å². The molecule has 0 saturated heterocycles. The van der Waals surface area contributed by atoms with Gasteiger partial charge >= 0.3 is 5.97 Å². The first kappa shape index (κ1) is 14.7. The second kappa shape index (κ2) is 6.19. The van der Waals surface area contributed by atoms with Gasteiger partial charge in [0.05, 0.1) is 17.3 Å². The summed E-state index contributed by atoms with van der Waals surface area (Å²) in [7, 11) is 1.32. The van der Waals surface area contributed by atoms with Gasteiger partial charge in [-0.05, 0) is 18.2 Å². The number of ether oxygens (including phenoxy) is 1. The number of fused-ring (bicyclic) bond motifs is 1. The average molecular weight is 313 g/mol. The Morgan fingerprint density at radius 1 is 1.45 bits per heavy atom. The van der Waals surface area contributed by atoms with Crippen molar-refractivity contribution >= 4 is 45.0 Å². The molecule has 0 aliphatic heterocycles. The van der Waals surface area contributed by atoms with Crippen LogP contribution in [0.3, 0.4) is 0 Å². The first-order chi connectivity index (χ1) is 9.55. The van der Waals surface area contributed by atoms with Crippen LogP contribution in [0.15, 0.2) is 23.2 Å². The third-order valence-corrected chi connectivity index (χ3v) is 3.96. The highest BCUT2D eigenvalue weighted by atomic mass is 35.5. The number of thiazole rings is 1. The highest BCUT2D eigenvalue weighted by Gasteiger charge is 2.11. The highest BCUT2D eigenvalue weighted by Crippen LogP contribution is 2.21. The number of nitrogens with zero attached hydrogens (tertiary/aromatic N) is 2. The van der Waals surface area contributed by atoms with Gasteiger partial charge in [-0.1, -0.05) is 29.9 Å². The van der Waals surface area contributed by atoms with Crippen LogP contribution in [0.2, 0.25) is 5.02 Å². The zero-order chi connectivity index (χ0) is 14.7. The van der Waals surface area contributed by atoms with E-state index in [1.807, 2.05) is 0 Å². The molecule has 1 aromatic heterocycles. The number of hydrogen-bond donors (Lipinski definition) is 0. The highest BCUT2D eigenvalue weighted by molar-refractivity contribution is 7.16. The molecule has 0 spiro atoms. The molecule has 0 unspecified atom stereocenters. The number of benzene rings is 1. The summed E-state index contributed by atoms with van der Waals surface area (Å²) in [5.41, 5.74) is 0.799. The molecular weight excluding hydrogens is 300 g/mol. The molecule has 5 nitrogen and oxygen atoms in total. The van der Waals surface area contributed by atoms with Gasteiger partial charge < -0.3 is 9.30 Å². The summed E-state index contributed by atoms with van der Waals surface area (Å²) in [6.45, 7) is 1.74. The van der Waals surface area contributed by atoms with Crippen molar-refractivity contribution in [3.05, 3.63) is 28.0 Å². The summed E-state index contributed by atoms with van der Waals surface area (Å²) in [6, 6.07) is 5.31. The molecule has 0 radical (unpaired) electrons. The first-order valence-corrected chi connectivity index (χ1v) is 7.18. The van der Waals surface area contributed by atoms with E-state index in [4.69, 9.17) is 11.6 Å².